The van der Waals surface area contributed by atoms with Gasteiger partial charge in [0.1, 0.15) is 0 Å². The van der Waals surface area contributed by atoms with Crippen LogP contribution in [0.4, 0.5) is 10.5 Å². The molecule has 2 atom stereocenters. The van der Waals surface area contributed by atoms with Crippen LogP contribution in [-0.4, -0.2) is 25.8 Å². The number of anilines is 1. The van der Waals surface area contributed by atoms with E-state index in [1.54, 1.807) is 24.1 Å². The molecule has 0 aliphatic carbocycles. The van der Waals surface area contributed by atoms with E-state index in [0.717, 1.165) is 31.5 Å². The topological polar surface area (TPSA) is 44.4 Å². The predicted octanol–water partition coefficient (Wildman–Crippen LogP) is 4.05. The van der Waals surface area contributed by atoms with Gasteiger partial charge < -0.3 is 5.32 Å². The highest BCUT2D eigenvalue weighted by atomic mass is 35.5. The van der Waals surface area contributed by atoms with Gasteiger partial charge in [-0.25, -0.2) is 4.79 Å². The first-order valence-electron chi connectivity index (χ1n) is 8.69. The van der Waals surface area contributed by atoms with Gasteiger partial charge in [-0.3, -0.25) is 10.2 Å². The Balaban J connectivity index is 1.47. The smallest absolute Gasteiger partial charge is 0.322 e. The first-order chi connectivity index (χ1) is 12.1. The van der Waals surface area contributed by atoms with Gasteiger partial charge in [0.15, 0.2) is 0 Å². The number of amides is 2. The van der Waals surface area contributed by atoms with E-state index in [9.17, 15) is 4.79 Å². The number of halogens is 1. The van der Waals surface area contributed by atoms with Gasteiger partial charge in [-0.05, 0) is 48.9 Å². The summed E-state index contributed by atoms with van der Waals surface area (Å²) in [6, 6.07) is 17.7. The maximum Gasteiger partial charge on any atom is 0.322 e. The van der Waals surface area contributed by atoms with E-state index in [2.05, 4.69) is 34.9 Å². The number of carbonyl (C=O) groups excluding carboxylic acids is 1. The fourth-order valence-corrected chi connectivity index (χ4v) is 3.39. The molecule has 25 heavy (non-hydrogen) atoms. The van der Waals surface area contributed by atoms with Gasteiger partial charge in [-0.2, -0.15) is 0 Å². The molecular weight excluding hydrogens is 334 g/mol. The molecule has 2 amide bonds. The van der Waals surface area contributed by atoms with E-state index in [1.807, 2.05) is 18.2 Å². The summed E-state index contributed by atoms with van der Waals surface area (Å²) in [5, 5.41) is 7.13. The largest absolute Gasteiger partial charge is 0.322 e. The fraction of sp³-hybridized carbons (Fsp3) is 0.350. The molecular formula is C20H24ClN3O. The first kappa shape index (κ1) is 17.8. The van der Waals surface area contributed by atoms with Crippen LogP contribution in [0, 0.1) is 5.92 Å². The average molecular weight is 358 g/mol. The molecule has 0 spiro atoms. The molecule has 2 aromatic rings. The van der Waals surface area contributed by atoms with Crippen LogP contribution >= 0.6 is 11.6 Å². The van der Waals surface area contributed by atoms with E-state index < -0.39 is 0 Å². The van der Waals surface area contributed by atoms with Crippen molar-refractivity contribution in [2.45, 2.75) is 25.4 Å². The molecule has 0 bridgehead atoms. The zero-order chi connectivity index (χ0) is 17.6. The molecule has 132 valence electrons. The second-order valence-electron chi connectivity index (χ2n) is 6.58. The minimum Gasteiger partial charge on any atom is -0.322 e. The van der Waals surface area contributed by atoms with Gasteiger partial charge in [0.2, 0.25) is 0 Å². The van der Waals surface area contributed by atoms with Crippen LogP contribution < -0.4 is 15.5 Å². The number of rotatable bonds is 4. The molecule has 0 saturated carbocycles. The molecule has 0 unspecified atom stereocenters. The number of hydrogen-bond donors (Lipinski definition) is 2. The van der Waals surface area contributed by atoms with Gasteiger partial charge in [0.05, 0.1) is 6.17 Å². The van der Waals surface area contributed by atoms with Crippen molar-refractivity contribution in [1.82, 2.24) is 10.6 Å². The minimum atomic E-state index is -0.124. The summed E-state index contributed by atoms with van der Waals surface area (Å²) in [6.45, 7) is 0.917. The van der Waals surface area contributed by atoms with Crippen LogP contribution in [0.5, 0.6) is 0 Å². The third kappa shape index (κ3) is 4.97. The summed E-state index contributed by atoms with van der Waals surface area (Å²) >= 11 is 6.00. The van der Waals surface area contributed by atoms with Gasteiger partial charge in [0.25, 0.3) is 0 Å². The Morgan fingerprint density at radius 3 is 2.68 bits per heavy atom. The lowest BCUT2D eigenvalue weighted by molar-refractivity contribution is 0.228. The lowest BCUT2D eigenvalue weighted by Crippen LogP contribution is -2.53. The predicted molar refractivity (Wildman–Crippen MR) is 103 cm³/mol. The monoisotopic (exact) mass is 357 g/mol. The summed E-state index contributed by atoms with van der Waals surface area (Å²) in [5.41, 5.74) is 2.15. The first-order valence-corrected chi connectivity index (χ1v) is 9.06. The lowest BCUT2D eigenvalue weighted by atomic mass is 9.91. The molecule has 4 nitrogen and oxygen atoms in total. The van der Waals surface area contributed by atoms with Gasteiger partial charge in [-0.15, -0.1) is 0 Å². The van der Waals surface area contributed by atoms with Crippen molar-refractivity contribution in [3.05, 3.63) is 65.2 Å². The van der Waals surface area contributed by atoms with E-state index in [-0.39, 0.29) is 12.2 Å². The van der Waals surface area contributed by atoms with Crippen molar-refractivity contribution in [3.8, 4) is 0 Å². The van der Waals surface area contributed by atoms with Crippen molar-refractivity contribution in [1.29, 1.82) is 0 Å². The van der Waals surface area contributed by atoms with E-state index in [1.165, 1.54) is 5.56 Å². The number of hydrogen-bond acceptors (Lipinski definition) is 2. The number of benzene rings is 2. The molecule has 1 aliphatic rings. The molecule has 0 aromatic heterocycles. The van der Waals surface area contributed by atoms with Gasteiger partial charge >= 0.3 is 6.03 Å². The normalized spacial score (nSPS) is 20.1. The van der Waals surface area contributed by atoms with Crippen LogP contribution in [0.3, 0.4) is 0 Å². The highest BCUT2D eigenvalue weighted by Crippen LogP contribution is 2.20. The Morgan fingerprint density at radius 2 is 2.00 bits per heavy atom. The quantitative estimate of drug-likeness (QED) is 0.866. The summed E-state index contributed by atoms with van der Waals surface area (Å²) in [6.07, 6.45) is 3.14. The van der Waals surface area contributed by atoms with Crippen molar-refractivity contribution in [2.24, 2.45) is 5.92 Å². The molecule has 2 aromatic carbocycles. The van der Waals surface area contributed by atoms with Crippen LogP contribution in [-0.2, 0) is 6.42 Å². The summed E-state index contributed by atoms with van der Waals surface area (Å²) in [4.78, 5) is 14.0. The number of piperidine rings is 1. The number of carbonyl (C=O) groups is 1. The Hall–Kier alpha value is -2.04. The maximum absolute atomic E-state index is 12.4. The number of nitrogens with zero attached hydrogens (tertiary/aromatic N) is 1. The summed E-state index contributed by atoms with van der Waals surface area (Å²) < 4.78 is 0. The standard InChI is InChI=1S/C20H24ClN3O/c1-24(18-9-5-8-17(21)13-18)20(25)23-19-11-10-16(14-22-19)12-15-6-3-2-4-7-15/h2-9,13,16,19,22H,10-12,14H2,1H3,(H,23,25)/t16-,19+/m0/s1. The molecule has 1 aliphatic heterocycles. The van der Waals surface area contributed by atoms with Crippen molar-refractivity contribution >= 4 is 23.3 Å². The molecule has 1 heterocycles. The second-order valence-corrected chi connectivity index (χ2v) is 7.02. The molecule has 3 rings (SSSR count). The number of urea groups is 1. The Bertz CT molecular complexity index is 699. The van der Waals surface area contributed by atoms with Crippen LogP contribution in [0.2, 0.25) is 5.02 Å². The van der Waals surface area contributed by atoms with Crippen molar-refractivity contribution < 1.29 is 4.79 Å². The molecule has 1 fully saturated rings. The SMILES string of the molecule is CN(C(=O)N[C@@H]1CC[C@@H](Cc2ccccc2)CN1)c1cccc(Cl)c1. The zero-order valence-corrected chi connectivity index (χ0v) is 15.2. The minimum absolute atomic E-state index is 0.0150. The van der Waals surface area contributed by atoms with E-state index >= 15 is 0 Å². The molecule has 0 radical (unpaired) electrons. The lowest BCUT2D eigenvalue weighted by Gasteiger charge is -2.31. The average Bonchev–Trinajstić information content (AvgIpc) is 2.63. The molecule has 1 saturated heterocycles. The Kier molecular flexibility index (Phi) is 5.95. The Labute approximate surface area is 154 Å². The van der Waals surface area contributed by atoms with Gasteiger partial charge in [0, 0.05) is 24.3 Å². The van der Waals surface area contributed by atoms with Crippen LogP contribution in [0.15, 0.2) is 54.6 Å². The Morgan fingerprint density at radius 1 is 1.20 bits per heavy atom. The number of nitrogens with one attached hydrogen (secondary N) is 2. The molecule has 5 heteroatoms. The van der Waals surface area contributed by atoms with Crippen LogP contribution in [0.25, 0.3) is 0 Å². The van der Waals surface area contributed by atoms with Crippen molar-refractivity contribution in [2.75, 3.05) is 18.5 Å². The zero-order valence-electron chi connectivity index (χ0n) is 14.4. The fourth-order valence-electron chi connectivity index (χ4n) is 3.21. The maximum atomic E-state index is 12.4. The summed E-state index contributed by atoms with van der Waals surface area (Å²) in [5.74, 6) is 0.612. The third-order valence-electron chi connectivity index (χ3n) is 4.68. The van der Waals surface area contributed by atoms with E-state index in [0.29, 0.717) is 10.9 Å². The third-order valence-corrected chi connectivity index (χ3v) is 4.92. The van der Waals surface area contributed by atoms with Crippen LogP contribution in [0.1, 0.15) is 18.4 Å². The van der Waals surface area contributed by atoms with Gasteiger partial charge in [-0.1, -0.05) is 48.0 Å². The highest BCUT2D eigenvalue weighted by Gasteiger charge is 2.23. The summed E-state index contributed by atoms with van der Waals surface area (Å²) in [7, 11) is 1.75. The van der Waals surface area contributed by atoms with E-state index in [4.69, 9.17) is 11.6 Å². The van der Waals surface area contributed by atoms with Crippen molar-refractivity contribution in [3.63, 3.8) is 0 Å². The second kappa shape index (κ2) is 8.37. The molecule has 2 N–H and O–H groups in total. The highest BCUT2D eigenvalue weighted by molar-refractivity contribution is 6.30.